The maximum absolute atomic E-state index is 13.7. The van der Waals surface area contributed by atoms with Gasteiger partial charge in [-0.2, -0.15) is 4.31 Å². The molecule has 1 aromatic heterocycles. The number of hydrogen-bond acceptors (Lipinski definition) is 6. The third kappa shape index (κ3) is 5.43. The predicted octanol–water partition coefficient (Wildman–Crippen LogP) is 3.54. The first-order valence-corrected chi connectivity index (χ1v) is 14.2. The Hall–Kier alpha value is -2.49. The summed E-state index contributed by atoms with van der Waals surface area (Å²) in [5.74, 6) is 0.657. The molecule has 196 valence electrons. The number of carbonyl (C=O) groups is 1. The fourth-order valence-corrected chi connectivity index (χ4v) is 7.77. The largest absolute Gasteiger partial charge is 0.497 e. The Kier molecular flexibility index (Phi) is 8.02. The van der Waals surface area contributed by atoms with Gasteiger partial charge in [0.05, 0.1) is 17.6 Å². The van der Waals surface area contributed by atoms with Crippen molar-refractivity contribution in [1.82, 2.24) is 14.2 Å². The second kappa shape index (κ2) is 10.9. The van der Waals surface area contributed by atoms with Gasteiger partial charge in [-0.25, -0.2) is 8.42 Å². The molecule has 1 atom stereocenters. The molecule has 2 aliphatic rings. The number of methoxy groups -OCH3 is 1. The molecule has 2 fully saturated rings. The van der Waals surface area contributed by atoms with Gasteiger partial charge in [-0.15, -0.1) is 0 Å². The topological polar surface area (TPSA) is 100 Å². The van der Waals surface area contributed by atoms with Gasteiger partial charge in [-0.05, 0) is 75.3 Å². The highest BCUT2D eigenvalue weighted by Gasteiger charge is 2.38. The van der Waals surface area contributed by atoms with Crippen LogP contribution in [0.1, 0.15) is 61.6 Å². The Balaban J connectivity index is 1.41. The van der Waals surface area contributed by atoms with Crippen molar-refractivity contribution in [2.24, 2.45) is 0 Å². The van der Waals surface area contributed by atoms with E-state index in [0.29, 0.717) is 67.1 Å². The fraction of sp³-hybridized carbons (Fsp3) is 0.556. The molecule has 1 aromatic carbocycles. The molecule has 0 bridgehead atoms. The molecule has 4 rings (SSSR count). The average molecular weight is 516 g/mol. The van der Waals surface area contributed by atoms with Crippen LogP contribution in [0.3, 0.4) is 0 Å². The van der Waals surface area contributed by atoms with Crippen molar-refractivity contribution in [3.05, 3.63) is 53.3 Å². The summed E-state index contributed by atoms with van der Waals surface area (Å²) in [6.45, 7) is 5.01. The molecule has 0 aliphatic carbocycles. The summed E-state index contributed by atoms with van der Waals surface area (Å²) in [6, 6.07) is 6.99. The van der Waals surface area contributed by atoms with E-state index in [1.54, 1.807) is 54.7 Å². The molecule has 0 saturated carbocycles. The Morgan fingerprint density at radius 1 is 1.17 bits per heavy atom. The summed E-state index contributed by atoms with van der Waals surface area (Å²) in [6.07, 6.45) is 7.60. The third-order valence-corrected chi connectivity index (χ3v) is 9.90. The highest BCUT2D eigenvalue weighted by Crippen LogP contribution is 2.34. The van der Waals surface area contributed by atoms with Gasteiger partial charge in [0.15, 0.2) is 0 Å². The van der Waals surface area contributed by atoms with Crippen molar-refractivity contribution in [3.63, 3.8) is 0 Å². The van der Waals surface area contributed by atoms with Crippen LogP contribution in [0.2, 0.25) is 0 Å². The Morgan fingerprint density at radius 2 is 1.86 bits per heavy atom. The van der Waals surface area contributed by atoms with Gasteiger partial charge in [-0.3, -0.25) is 9.78 Å². The summed E-state index contributed by atoms with van der Waals surface area (Å²) in [5.41, 5.74) is 1.15. The molecular weight excluding hydrogens is 478 g/mol. The van der Waals surface area contributed by atoms with E-state index in [2.05, 4.69) is 4.98 Å². The van der Waals surface area contributed by atoms with Crippen molar-refractivity contribution in [1.29, 1.82) is 0 Å². The number of pyridine rings is 1. The fourth-order valence-electron chi connectivity index (χ4n) is 5.63. The molecule has 2 saturated heterocycles. The van der Waals surface area contributed by atoms with Gasteiger partial charge < -0.3 is 14.7 Å². The minimum atomic E-state index is -3.70. The molecule has 2 aliphatic heterocycles. The first-order valence-electron chi connectivity index (χ1n) is 12.7. The number of carbonyl (C=O) groups excluding carboxylic acids is 1. The number of ether oxygens (including phenoxy) is 1. The Bertz CT molecular complexity index is 1150. The number of amides is 1. The summed E-state index contributed by atoms with van der Waals surface area (Å²) in [4.78, 5) is 19.3. The van der Waals surface area contributed by atoms with Gasteiger partial charge in [0.2, 0.25) is 15.9 Å². The molecule has 1 unspecified atom stereocenters. The van der Waals surface area contributed by atoms with E-state index in [4.69, 9.17) is 4.74 Å². The van der Waals surface area contributed by atoms with Crippen LogP contribution < -0.4 is 4.74 Å². The van der Waals surface area contributed by atoms with Crippen LogP contribution in [-0.4, -0.2) is 66.4 Å². The average Bonchev–Trinajstić information content (AvgIpc) is 2.87. The quantitative estimate of drug-likeness (QED) is 0.606. The second-order valence-corrected chi connectivity index (χ2v) is 11.9. The van der Waals surface area contributed by atoms with Crippen molar-refractivity contribution >= 4 is 15.9 Å². The lowest BCUT2D eigenvalue weighted by atomic mass is 9.85. The van der Waals surface area contributed by atoms with Crippen molar-refractivity contribution < 1.29 is 23.1 Å². The summed E-state index contributed by atoms with van der Waals surface area (Å²) < 4.78 is 34.4. The minimum absolute atomic E-state index is 0.0166. The van der Waals surface area contributed by atoms with E-state index >= 15 is 0 Å². The Labute approximate surface area is 214 Å². The minimum Gasteiger partial charge on any atom is -0.497 e. The van der Waals surface area contributed by atoms with E-state index in [-0.39, 0.29) is 11.9 Å². The number of piperidine rings is 2. The van der Waals surface area contributed by atoms with Gasteiger partial charge in [0.25, 0.3) is 0 Å². The number of benzene rings is 1. The summed E-state index contributed by atoms with van der Waals surface area (Å²) in [7, 11) is -2.13. The lowest BCUT2D eigenvalue weighted by Gasteiger charge is -2.39. The molecule has 2 aromatic rings. The van der Waals surface area contributed by atoms with Crippen LogP contribution in [0.5, 0.6) is 5.75 Å². The zero-order chi connectivity index (χ0) is 25.9. The number of sulfonamides is 1. The summed E-state index contributed by atoms with van der Waals surface area (Å²) >= 11 is 0. The van der Waals surface area contributed by atoms with E-state index in [1.165, 1.54) is 0 Å². The van der Waals surface area contributed by atoms with E-state index in [1.807, 2.05) is 12.1 Å². The number of rotatable bonds is 7. The lowest BCUT2D eigenvalue weighted by molar-refractivity contribution is -0.136. The highest BCUT2D eigenvalue weighted by atomic mass is 32.2. The molecular formula is C27H37N3O5S. The van der Waals surface area contributed by atoms with Crippen LogP contribution in [0, 0.1) is 13.8 Å². The maximum Gasteiger partial charge on any atom is 0.243 e. The monoisotopic (exact) mass is 515 g/mol. The zero-order valence-electron chi connectivity index (χ0n) is 21.4. The number of hydrogen-bond donors (Lipinski definition) is 1. The predicted molar refractivity (Wildman–Crippen MR) is 137 cm³/mol. The number of nitrogens with zero attached hydrogens (tertiary/aromatic N) is 3. The number of aliphatic hydroxyl groups is 1. The molecule has 9 heteroatoms. The molecule has 0 spiro atoms. The number of likely N-dealkylation sites (tertiary alicyclic amines) is 1. The first-order chi connectivity index (χ1) is 17.2. The third-order valence-electron chi connectivity index (χ3n) is 7.64. The zero-order valence-corrected chi connectivity index (χ0v) is 22.3. The summed E-state index contributed by atoms with van der Waals surface area (Å²) in [5, 5.41) is 11.0. The molecule has 36 heavy (non-hydrogen) atoms. The molecule has 8 nitrogen and oxygen atoms in total. The van der Waals surface area contributed by atoms with E-state index < -0.39 is 15.6 Å². The molecule has 1 N–H and O–H groups in total. The smallest absolute Gasteiger partial charge is 0.243 e. The Morgan fingerprint density at radius 3 is 2.47 bits per heavy atom. The number of aryl methyl sites for hydroxylation is 2. The second-order valence-electron chi connectivity index (χ2n) is 10.0. The lowest BCUT2D eigenvalue weighted by Crippen LogP contribution is -2.47. The standard InChI is InChI=1S/C27H37N3O5S/c1-20-17-24(35-3)18-21(2)26(20)36(33,34)30-14-5-4-8-23(30)9-10-25(31)29-15-11-27(32,12-16-29)22-7-6-13-28-19-22/h6-7,13,17-19,23,32H,4-5,8-12,14-16H2,1-3H3. The maximum atomic E-state index is 13.7. The first kappa shape index (κ1) is 26.6. The van der Waals surface area contributed by atoms with Gasteiger partial charge in [-0.1, -0.05) is 12.5 Å². The highest BCUT2D eigenvalue weighted by molar-refractivity contribution is 7.89. The van der Waals surface area contributed by atoms with Crippen molar-refractivity contribution in [2.75, 3.05) is 26.7 Å². The SMILES string of the molecule is COc1cc(C)c(S(=O)(=O)N2CCCCC2CCC(=O)N2CCC(O)(c3cccnc3)CC2)c(C)c1. The molecule has 0 radical (unpaired) electrons. The van der Waals surface area contributed by atoms with Crippen LogP contribution in [0.4, 0.5) is 0 Å². The van der Waals surface area contributed by atoms with E-state index in [9.17, 15) is 18.3 Å². The van der Waals surface area contributed by atoms with Gasteiger partial charge >= 0.3 is 0 Å². The molecule has 1 amide bonds. The van der Waals surface area contributed by atoms with Gasteiger partial charge in [0.1, 0.15) is 5.75 Å². The van der Waals surface area contributed by atoms with Crippen LogP contribution in [-0.2, 0) is 20.4 Å². The number of aromatic nitrogens is 1. The normalized spacial score (nSPS) is 20.8. The van der Waals surface area contributed by atoms with Crippen molar-refractivity contribution in [2.45, 2.75) is 75.3 Å². The van der Waals surface area contributed by atoms with Gasteiger partial charge in [0, 0.05) is 50.1 Å². The van der Waals surface area contributed by atoms with Crippen LogP contribution in [0.15, 0.2) is 41.6 Å². The molecule has 3 heterocycles. The van der Waals surface area contributed by atoms with Crippen LogP contribution in [0.25, 0.3) is 0 Å². The van der Waals surface area contributed by atoms with Crippen molar-refractivity contribution in [3.8, 4) is 5.75 Å². The van der Waals surface area contributed by atoms with E-state index in [0.717, 1.165) is 24.8 Å². The van der Waals surface area contributed by atoms with Crippen LogP contribution >= 0.6 is 0 Å².